The summed E-state index contributed by atoms with van der Waals surface area (Å²) in [5, 5.41) is 4.48. The van der Waals surface area contributed by atoms with E-state index in [2.05, 4.69) is 10.6 Å². The summed E-state index contributed by atoms with van der Waals surface area (Å²) in [6.45, 7) is -0.258. The normalized spacial score (nSPS) is 9.69. The lowest BCUT2D eigenvalue weighted by molar-refractivity contribution is -0.119. The highest BCUT2D eigenvalue weighted by molar-refractivity contribution is 5.96. The molecule has 0 radical (unpaired) electrons. The lowest BCUT2D eigenvalue weighted by Gasteiger charge is -2.05. The third kappa shape index (κ3) is 3.01. The lowest BCUT2D eigenvalue weighted by Crippen LogP contribution is -2.35. The molecule has 6 heteroatoms. The number of amides is 2. The first kappa shape index (κ1) is 12.1. The second-order valence-electron chi connectivity index (χ2n) is 2.98. The van der Waals surface area contributed by atoms with Gasteiger partial charge in [0.1, 0.15) is 11.6 Å². The van der Waals surface area contributed by atoms with Gasteiger partial charge in [-0.2, -0.15) is 0 Å². The Hall–Kier alpha value is -1.98. The van der Waals surface area contributed by atoms with Crippen molar-refractivity contribution in [3.8, 4) is 0 Å². The monoisotopic (exact) mass is 228 g/mol. The maximum atomic E-state index is 13.1. The van der Waals surface area contributed by atoms with Crippen LogP contribution in [0.5, 0.6) is 0 Å². The summed E-state index contributed by atoms with van der Waals surface area (Å²) in [5.41, 5.74) is -0.301. The summed E-state index contributed by atoms with van der Waals surface area (Å²) in [5.74, 6) is -2.90. The number of likely N-dealkylation sites (N-methyl/N-ethyl adjacent to an activating group) is 1. The molecule has 0 heterocycles. The summed E-state index contributed by atoms with van der Waals surface area (Å²) in [4.78, 5) is 22.2. The van der Waals surface area contributed by atoms with Crippen LogP contribution in [0, 0.1) is 11.6 Å². The van der Waals surface area contributed by atoms with Crippen LogP contribution >= 0.6 is 0 Å². The molecule has 4 nitrogen and oxygen atoms in total. The fraction of sp³-hybridized carbons (Fsp3) is 0.200. The van der Waals surface area contributed by atoms with Gasteiger partial charge in [-0.3, -0.25) is 9.59 Å². The van der Waals surface area contributed by atoms with Crippen molar-refractivity contribution in [2.45, 2.75) is 0 Å². The Labute approximate surface area is 90.6 Å². The molecule has 0 atom stereocenters. The molecule has 0 saturated heterocycles. The summed E-state index contributed by atoms with van der Waals surface area (Å²) < 4.78 is 25.6. The Morgan fingerprint density at radius 1 is 1.31 bits per heavy atom. The topological polar surface area (TPSA) is 58.2 Å². The van der Waals surface area contributed by atoms with E-state index in [4.69, 9.17) is 0 Å². The van der Waals surface area contributed by atoms with Gasteiger partial charge in [0.25, 0.3) is 5.91 Å². The lowest BCUT2D eigenvalue weighted by atomic mass is 10.2. The number of halogens is 2. The third-order valence-electron chi connectivity index (χ3n) is 1.86. The second-order valence-corrected chi connectivity index (χ2v) is 2.98. The third-order valence-corrected chi connectivity index (χ3v) is 1.86. The van der Waals surface area contributed by atoms with E-state index in [0.29, 0.717) is 6.07 Å². The van der Waals surface area contributed by atoms with Crippen LogP contribution in [-0.2, 0) is 4.79 Å². The van der Waals surface area contributed by atoms with Gasteiger partial charge in [0.2, 0.25) is 5.91 Å². The molecule has 0 fully saturated rings. The summed E-state index contributed by atoms with van der Waals surface area (Å²) in [6, 6.07) is 2.59. The van der Waals surface area contributed by atoms with Crippen molar-refractivity contribution in [1.29, 1.82) is 0 Å². The van der Waals surface area contributed by atoms with E-state index in [1.807, 2.05) is 0 Å². The van der Waals surface area contributed by atoms with Crippen LogP contribution in [0.4, 0.5) is 8.78 Å². The number of hydrogen-bond donors (Lipinski definition) is 2. The number of rotatable bonds is 3. The van der Waals surface area contributed by atoms with Crippen molar-refractivity contribution < 1.29 is 18.4 Å². The summed E-state index contributed by atoms with van der Waals surface area (Å²) in [6.07, 6.45) is 0. The molecule has 0 saturated carbocycles. The van der Waals surface area contributed by atoms with E-state index in [1.54, 1.807) is 0 Å². The van der Waals surface area contributed by atoms with Gasteiger partial charge in [0.15, 0.2) is 0 Å². The molecule has 0 aliphatic carbocycles. The standard InChI is InChI=1S/C10H10F2N2O2/c1-13-9(15)5-14-10(16)7-3-2-6(11)4-8(7)12/h2-4H,5H2,1H3,(H,13,15)(H,14,16). The Balaban J connectivity index is 2.70. The minimum atomic E-state index is -0.964. The number of carbonyl (C=O) groups excluding carboxylic acids is 2. The summed E-state index contributed by atoms with van der Waals surface area (Å²) >= 11 is 0. The van der Waals surface area contributed by atoms with E-state index in [9.17, 15) is 18.4 Å². The molecule has 1 aromatic carbocycles. The predicted octanol–water partition coefficient (Wildman–Crippen LogP) is 0.441. The molecule has 1 rings (SSSR count). The van der Waals surface area contributed by atoms with Gasteiger partial charge in [-0.1, -0.05) is 0 Å². The van der Waals surface area contributed by atoms with Crippen LogP contribution in [0.2, 0.25) is 0 Å². The van der Waals surface area contributed by atoms with Crippen molar-refractivity contribution >= 4 is 11.8 Å². The minimum Gasteiger partial charge on any atom is -0.358 e. The first-order valence-corrected chi connectivity index (χ1v) is 4.48. The highest BCUT2D eigenvalue weighted by atomic mass is 19.1. The molecule has 0 aliphatic rings. The van der Waals surface area contributed by atoms with Gasteiger partial charge in [0, 0.05) is 13.1 Å². The van der Waals surface area contributed by atoms with Gasteiger partial charge in [-0.25, -0.2) is 8.78 Å². The van der Waals surface area contributed by atoms with Crippen LogP contribution in [0.3, 0.4) is 0 Å². The van der Waals surface area contributed by atoms with Crippen molar-refractivity contribution in [2.24, 2.45) is 0 Å². The zero-order valence-electron chi connectivity index (χ0n) is 8.51. The van der Waals surface area contributed by atoms with Crippen molar-refractivity contribution in [1.82, 2.24) is 10.6 Å². The molecule has 0 unspecified atom stereocenters. The molecule has 16 heavy (non-hydrogen) atoms. The second kappa shape index (κ2) is 5.20. The molecule has 1 aromatic rings. The maximum Gasteiger partial charge on any atom is 0.254 e. The van der Waals surface area contributed by atoms with Gasteiger partial charge in [-0.15, -0.1) is 0 Å². The highest BCUT2D eigenvalue weighted by Crippen LogP contribution is 2.08. The average molecular weight is 228 g/mol. The van der Waals surface area contributed by atoms with Crippen LogP contribution in [-0.4, -0.2) is 25.4 Å². The molecule has 0 aliphatic heterocycles. The van der Waals surface area contributed by atoms with E-state index in [-0.39, 0.29) is 12.1 Å². The number of hydrogen-bond acceptors (Lipinski definition) is 2. The van der Waals surface area contributed by atoms with Crippen molar-refractivity contribution in [3.63, 3.8) is 0 Å². The molecular weight excluding hydrogens is 218 g/mol. The molecule has 0 bridgehead atoms. The fourth-order valence-electron chi connectivity index (χ4n) is 1.02. The van der Waals surface area contributed by atoms with Crippen LogP contribution < -0.4 is 10.6 Å². The van der Waals surface area contributed by atoms with E-state index < -0.39 is 23.4 Å². The zero-order valence-corrected chi connectivity index (χ0v) is 8.51. The Bertz CT molecular complexity index is 421. The SMILES string of the molecule is CNC(=O)CNC(=O)c1ccc(F)cc1F. The maximum absolute atomic E-state index is 13.1. The first-order valence-electron chi connectivity index (χ1n) is 4.48. The quantitative estimate of drug-likeness (QED) is 0.788. The smallest absolute Gasteiger partial charge is 0.254 e. The Kier molecular flexibility index (Phi) is 3.93. The van der Waals surface area contributed by atoms with E-state index in [1.165, 1.54) is 7.05 Å². The van der Waals surface area contributed by atoms with Gasteiger partial charge in [0.05, 0.1) is 12.1 Å². The summed E-state index contributed by atoms with van der Waals surface area (Å²) in [7, 11) is 1.41. The van der Waals surface area contributed by atoms with Crippen molar-refractivity contribution in [2.75, 3.05) is 13.6 Å². The van der Waals surface area contributed by atoms with Crippen LogP contribution in [0.15, 0.2) is 18.2 Å². The number of benzene rings is 1. The fourth-order valence-corrected chi connectivity index (χ4v) is 1.02. The largest absolute Gasteiger partial charge is 0.358 e. The predicted molar refractivity (Wildman–Crippen MR) is 52.8 cm³/mol. The average Bonchev–Trinajstić information content (AvgIpc) is 2.25. The molecule has 2 amide bonds. The molecule has 0 aromatic heterocycles. The van der Waals surface area contributed by atoms with E-state index in [0.717, 1.165) is 12.1 Å². The number of nitrogens with one attached hydrogen (secondary N) is 2. The molecule has 2 N–H and O–H groups in total. The highest BCUT2D eigenvalue weighted by Gasteiger charge is 2.12. The Morgan fingerprint density at radius 2 is 2.00 bits per heavy atom. The van der Waals surface area contributed by atoms with Crippen LogP contribution in [0.1, 0.15) is 10.4 Å². The molecule has 0 spiro atoms. The van der Waals surface area contributed by atoms with Gasteiger partial charge in [-0.05, 0) is 12.1 Å². The number of carbonyl (C=O) groups is 2. The van der Waals surface area contributed by atoms with Gasteiger partial charge < -0.3 is 10.6 Å². The van der Waals surface area contributed by atoms with Crippen LogP contribution in [0.25, 0.3) is 0 Å². The van der Waals surface area contributed by atoms with Crippen molar-refractivity contribution in [3.05, 3.63) is 35.4 Å². The molecular formula is C10H10F2N2O2. The molecule has 86 valence electrons. The zero-order chi connectivity index (χ0) is 12.1. The van der Waals surface area contributed by atoms with E-state index >= 15 is 0 Å². The minimum absolute atomic E-state index is 0.258. The Morgan fingerprint density at radius 3 is 2.56 bits per heavy atom. The van der Waals surface area contributed by atoms with Gasteiger partial charge >= 0.3 is 0 Å². The first-order chi connectivity index (χ1) is 7.54.